The normalized spacial score (nSPS) is 27.5. The van der Waals surface area contributed by atoms with Gasteiger partial charge in [-0.05, 0) is 30.2 Å². The van der Waals surface area contributed by atoms with Crippen molar-refractivity contribution in [3.05, 3.63) is 35.9 Å². The minimum absolute atomic E-state index is 0.842. The summed E-state index contributed by atoms with van der Waals surface area (Å²) in [6, 6.07) is 11.0. The van der Waals surface area contributed by atoms with Crippen molar-refractivity contribution in [3.8, 4) is 0 Å². The van der Waals surface area contributed by atoms with Crippen molar-refractivity contribution in [2.24, 2.45) is 5.92 Å². The van der Waals surface area contributed by atoms with Gasteiger partial charge in [-0.15, -0.1) is 0 Å². The highest BCUT2D eigenvalue weighted by Gasteiger charge is 2.21. The van der Waals surface area contributed by atoms with Crippen molar-refractivity contribution in [2.75, 3.05) is 0 Å². The van der Waals surface area contributed by atoms with Gasteiger partial charge < -0.3 is 0 Å². The fourth-order valence-electron chi connectivity index (χ4n) is 2.69. The van der Waals surface area contributed by atoms with Crippen LogP contribution in [0, 0.1) is 5.92 Å². The lowest BCUT2D eigenvalue weighted by Gasteiger charge is -2.28. The van der Waals surface area contributed by atoms with Gasteiger partial charge in [-0.1, -0.05) is 56.5 Å². The maximum absolute atomic E-state index is 2.33. The molecule has 1 aliphatic carbocycles. The lowest BCUT2D eigenvalue weighted by molar-refractivity contribution is 0.314. The molecule has 2 rings (SSSR count). The van der Waals surface area contributed by atoms with Crippen LogP contribution in [0.25, 0.3) is 0 Å². The first-order valence-electron chi connectivity index (χ1n) is 5.95. The second kappa shape index (κ2) is 4.63. The van der Waals surface area contributed by atoms with Gasteiger partial charge in [0.2, 0.25) is 0 Å². The molecule has 0 heterocycles. The van der Waals surface area contributed by atoms with E-state index in [1.165, 1.54) is 32.1 Å². The van der Waals surface area contributed by atoms with Crippen molar-refractivity contribution in [1.29, 1.82) is 0 Å². The standard InChI is InChI=1S/C14H20/c1-2-12-7-6-10-14(11-12)13-8-4-3-5-9-13/h3-5,8-9,12,14H,2,6-7,10-11H2,1H3. The van der Waals surface area contributed by atoms with Crippen LogP contribution in [0.1, 0.15) is 50.5 Å². The Morgan fingerprint density at radius 1 is 1.14 bits per heavy atom. The SMILES string of the molecule is CCC1CCCC(c2ccccc2)C1. The van der Waals surface area contributed by atoms with Crippen LogP contribution in [0.2, 0.25) is 0 Å². The third-order valence-electron chi connectivity index (χ3n) is 3.63. The predicted octanol–water partition coefficient (Wildman–Crippen LogP) is 4.37. The van der Waals surface area contributed by atoms with E-state index in [-0.39, 0.29) is 0 Å². The highest BCUT2D eigenvalue weighted by Crippen LogP contribution is 2.37. The summed E-state index contributed by atoms with van der Waals surface area (Å²) >= 11 is 0. The summed E-state index contributed by atoms with van der Waals surface area (Å²) in [5, 5.41) is 0. The average Bonchev–Trinajstić information content (AvgIpc) is 2.30. The van der Waals surface area contributed by atoms with E-state index < -0.39 is 0 Å². The molecule has 1 saturated carbocycles. The Balaban J connectivity index is 2.04. The molecular formula is C14H20. The van der Waals surface area contributed by atoms with Gasteiger partial charge in [0.15, 0.2) is 0 Å². The van der Waals surface area contributed by atoms with Crippen LogP contribution < -0.4 is 0 Å². The Kier molecular flexibility index (Phi) is 3.23. The summed E-state index contributed by atoms with van der Waals surface area (Å²) in [6.45, 7) is 2.33. The van der Waals surface area contributed by atoms with Gasteiger partial charge in [0.25, 0.3) is 0 Å². The van der Waals surface area contributed by atoms with Crippen LogP contribution in [-0.4, -0.2) is 0 Å². The topological polar surface area (TPSA) is 0 Å². The molecule has 0 aromatic heterocycles. The van der Waals surface area contributed by atoms with E-state index in [4.69, 9.17) is 0 Å². The summed E-state index contributed by atoms with van der Waals surface area (Å²) < 4.78 is 0. The van der Waals surface area contributed by atoms with Gasteiger partial charge in [-0.3, -0.25) is 0 Å². The van der Waals surface area contributed by atoms with E-state index in [2.05, 4.69) is 37.3 Å². The largest absolute Gasteiger partial charge is 0.0651 e. The molecule has 2 atom stereocenters. The molecule has 0 saturated heterocycles. The zero-order valence-corrected chi connectivity index (χ0v) is 9.08. The van der Waals surface area contributed by atoms with E-state index in [0.717, 1.165) is 11.8 Å². The van der Waals surface area contributed by atoms with Crippen LogP contribution in [0.15, 0.2) is 30.3 Å². The van der Waals surface area contributed by atoms with E-state index in [9.17, 15) is 0 Å². The molecule has 76 valence electrons. The highest BCUT2D eigenvalue weighted by molar-refractivity contribution is 5.19. The molecule has 0 amide bonds. The number of hydrogen-bond acceptors (Lipinski definition) is 0. The monoisotopic (exact) mass is 188 g/mol. The van der Waals surface area contributed by atoms with Gasteiger partial charge in [-0.2, -0.15) is 0 Å². The molecule has 2 unspecified atom stereocenters. The molecule has 0 aliphatic heterocycles. The van der Waals surface area contributed by atoms with Gasteiger partial charge in [-0.25, -0.2) is 0 Å². The molecule has 0 N–H and O–H groups in total. The van der Waals surface area contributed by atoms with E-state index in [0.29, 0.717) is 0 Å². The highest BCUT2D eigenvalue weighted by atomic mass is 14.3. The van der Waals surface area contributed by atoms with Crippen LogP contribution in [0.3, 0.4) is 0 Å². The van der Waals surface area contributed by atoms with E-state index in [1.807, 2.05) is 0 Å². The summed E-state index contributed by atoms with van der Waals surface area (Å²) in [6.07, 6.45) is 7.07. The number of rotatable bonds is 2. The van der Waals surface area contributed by atoms with Crippen molar-refractivity contribution in [2.45, 2.75) is 44.9 Å². The Morgan fingerprint density at radius 3 is 2.64 bits per heavy atom. The maximum atomic E-state index is 2.33. The van der Waals surface area contributed by atoms with E-state index in [1.54, 1.807) is 5.56 Å². The molecule has 1 aliphatic rings. The van der Waals surface area contributed by atoms with Crippen LogP contribution in [0.4, 0.5) is 0 Å². The Hall–Kier alpha value is -0.780. The Bertz CT molecular complexity index is 263. The first-order valence-corrected chi connectivity index (χ1v) is 5.95. The predicted molar refractivity (Wildman–Crippen MR) is 61.4 cm³/mol. The fraction of sp³-hybridized carbons (Fsp3) is 0.571. The summed E-state index contributed by atoms with van der Waals surface area (Å²) in [5.74, 6) is 1.82. The molecule has 0 heteroatoms. The van der Waals surface area contributed by atoms with Gasteiger partial charge in [0.05, 0.1) is 0 Å². The number of hydrogen-bond donors (Lipinski definition) is 0. The first-order chi connectivity index (χ1) is 6.90. The minimum atomic E-state index is 0.842. The number of benzene rings is 1. The second-order valence-electron chi connectivity index (χ2n) is 4.55. The Labute approximate surface area is 87.3 Å². The van der Waals surface area contributed by atoms with Gasteiger partial charge in [0.1, 0.15) is 0 Å². The summed E-state index contributed by atoms with van der Waals surface area (Å²) in [7, 11) is 0. The maximum Gasteiger partial charge on any atom is -0.0159 e. The van der Waals surface area contributed by atoms with Crippen molar-refractivity contribution in [3.63, 3.8) is 0 Å². The van der Waals surface area contributed by atoms with E-state index >= 15 is 0 Å². The summed E-state index contributed by atoms with van der Waals surface area (Å²) in [5.41, 5.74) is 1.56. The molecule has 1 aromatic rings. The molecule has 1 aromatic carbocycles. The quantitative estimate of drug-likeness (QED) is 0.646. The minimum Gasteiger partial charge on any atom is -0.0651 e. The molecule has 0 radical (unpaired) electrons. The lowest BCUT2D eigenvalue weighted by Crippen LogP contribution is -2.13. The molecule has 0 spiro atoms. The van der Waals surface area contributed by atoms with Crippen molar-refractivity contribution < 1.29 is 0 Å². The summed E-state index contributed by atoms with van der Waals surface area (Å²) in [4.78, 5) is 0. The van der Waals surface area contributed by atoms with Crippen LogP contribution in [-0.2, 0) is 0 Å². The zero-order chi connectivity index (χ0) is 9.80. The second-order valence-corrected chi connectivity index (χ2v) is 4.55. The lowest BCUT2D eigenvalue weighted by atomic mass is 9.77. The third-order valence-corrected chi connectivity index (χ3v) is 3.63. The molecule has 1 fully saturated rings. The van der Waals surface area contributed by atoms with Gasteiger partial charge >= 0.3 is 0 Å². The molecule has 0 nitrogen and oxygen atoms in total. The third kappa shape index (κ3) is 2.17. The van der Waals surface area contributed by atoms with Crippen molar-refractivity contribution in [1.82, 2.24) is 0 Å². The molecule has 14 heavy (non-hydrogen) atoms. The van der Waals surface area contributed by atoms with Crippen LogP contribution >= 0.6 is 0 Å². The zero-order valence-electron chi connectivity index (χ0n) is 9.08. The smallest absolute Gasteiger partial charge is 0.0159 e. The molecule has 0 bridgehead atoms. The fourth-order valence-corrected chi connectivity index (χ4v) is 2.69. The Morgan fingerprint density at radius 2 is 1.93 bits per heavy atom. The molecular weight excluding hydrogens is 168 g/mol. The van der Waals surface area contributed by atoms with Crippen molar-refractivity contribution >= 4 is 0 Å². The van der Waals surface area contributed by atoms with Gasteiger partial charge in [0, 0.05) is 0 Å². The average molecular weight is 188 g/mol. The first kappa shape index (κ1) is 9.76. The van der Waals surface area contributed by atoms with Crippen LogP contribution in [0.5, 0.6) is 0 Å².